The largest absolute Gasteiger partial charge is 0.350 e. The summed E-state index contributed by atoms with van der Waals surface area (Å²) in [6.07, 6.45) is 0. The Bertz CT molecular complexity index is 942. The van der Waals surface area contributed by atoms with E-state index in [1.807, 2.05) is 31.4 Å². The third-order valence-corrected chi connectivity index (χ3v) is 6.75. The molecule has 1 amide bonds. The summed E-state index contributed by atoms with van der Waals surface area (Å²) in [6, 6.07) is 3.94. The Morgan fingerprint density at radius 3 is 2.92 bits per heavy atom. The van der Waals surface area contributed by atoms with Gasteiger partial charge in [-0.25, -0.2) is 4.98 Å². The minimum atomic E-state index is -0.0683. The molecule has 0 bridgehead atoms. The summed E-state index contributed by atoms with van der Waals surface area (Å²) in [5.41, 5.74) is 0.941. The molecule has 8 heteroatoms. The van der Waals surface area contributed by atoms with E-state index in [-0.39, 0.29) is 17.2 Å². The Morgan fingerprint density at radius 1 is 1.42 bits per heavy atom. The second-order valence-electron chi connectivity index (χ2n) is 5.37. The first-order valence-corrected chi connectivity index (χ1v) is 10.0. The Labute approximate surface area is 151 Å². The lowest BCUT2D eigenvalue weighted by Crippen LogP contribution is -2.25. The minimum absolute atomic E-state index is 0.0525. The van der Waals surface area contributed by atoms with Crippen LogP contribution in [-0.4, -0.2) is 21.2 Å². The molecule has 126 valence electrons. The fourth-order valence-electron chi connectivity index (χ4n) is 2.27. The van der Waals surface area contributed by atoms with Crippen molar-refractivity contribution in [2.45, 2.75) is 25.5 Å². The third-order valence-electron chi connectivity index (χ3n) is 3.74. The molecule has 3 heterocycles. The molecule has 0 aliphatic rings. The zero-order chi connectivity index (χ0) is 17.3. The highest BCUT2D eigenvalue weighted by Gasteiger charge is 2.15. The van der Waals surface area contributed by atoms with E-state index in [9.17, 15) is 9.59 Å². The van der Waals surface area contributed by atoms with Crippen molar-refractivity contribution in [2.24, 2.45) is 7.05 Å². The Balaban J connectivity index is 1.72. The Kier molecular flexibility index (Phi) is 5.07. The van der Waals surface area contributed by atoms with Gasteiger partial charge in [-0.1, -0.05) is 17.8 Å². The molecule has 5 nitrogen and oxygen atoms in total. The molecule has 0 aliphatic carbocycles. The number of fused-ring (bicyclic) bond motifs is 1. The van der Waals surface area contributed by atoms with E-state index in [0.717, 1.165) is 20.1 Å². The molecule has 3 aromatic heterocycles. The molecular weight excluding hydrogens is 362 g/mol. The smallest absolute Gasteiger partial charge is 0.262 e. The van der Waals surface area contributed by atoms with Crippen LogP contribution in [0.4, 0.5) is 0 Å². The van der Waals surface area contributed by atoms with Crippen LogP contribution in [0.15, 0.2) is 27.5 Å². The number of hydrogen-bond acceptors (Lipinski definition) is 6. The van der Waals surface area contributed by atoms with Gasteiger partial charge >= 0.3 is 0 Å². The standard InChI is InChI=1S/C16H17N3O2S3/c1-9-10(2)24-14-13(9)15(21)19(3)16(18-14)23-8-12(20)17-7-11-5-4-6-22-11/h4-6H,7-8H2,1-3H3,(H,17,20). The summed E-state index contributed by atoms with van der Waals surface area (Å²) < 4.78 is 1.53. The fraction of sp³-hybridized carbons (Fsp3) is 0.312. The van der Waals surface area contributed by atoms with Gasteiger partial charge in [0.25, 0.3) is 5.56 Å². The lowest BCUT2D eigenvalue weighted by atomic mass is 10.2. The van der Waals surface area contributed by atoms with E-state index in [1.54, 1.807) is 18.4 Å². The van der Waals surface area contributed by atoms with Gasteiger partial charge in [0, 0.05) is 16.8 Å². The highest BCUT2D eigenvalue weighted by molar-refractivity contribution is 7.99. The van der Waals surface area contributed by atoms with Gasteiger partial charge in [-0.05, 0) is 30.9 Å². The van der Waals surface area contributed by atoms with Crippen molar-refractivity contribution in [3.8, 4) is 0 Å². The summed E-state index contributed by atoms with van der Waals surface area (Å²) in [5, 5.41) is 6.12. The number of nitrogens with zero attached hydrogens (tertiary/aromatic N) is 2. The first kappa shape index (κ1) is 17.2. The molecular formula is C16H17N3O2S3. The van der Waals surface area contributed by atoms with Gasteiger partial charge in [0.1, 0.15) is 4.83 Å². The van der Waals surface area contributed by atoms with Crippen LogP contribution >= 0.6 is 34.4 Å². The molecule has 0 saturated carbocycles. The summed E-state index contributed by atoms with van der Waals surface area (Å²) in [6.45, 7) is 4.47. The van der Waals surface area contributed by atoms with Gasteiger partial charge in [-0.3, -0.25) is 14.2 Å². The number of thioether (sulfide) groups is 1. The highest BCUT2D eigenvalue weighted by Crippen LogP contribution is 2.27. The first-order valence-electron chi connectivity index (χ1n) is 7.36. The van der Waals surface area contributed by atoms with Crippen LogP contribution in [0.1, 0.15) is 15.3 Å². The van der Waals surface area contributed by atoms with Crippen molar-refractivity contribution in [3.63, 3.8) is 0 Å². The number of aryl methyl sites for hydroxylation is 2. The van der Waals surface area contributed by atoms with Crippen LogP contribution in [0, 0.1) is 13.8 Å². The summed E-state index contributed by atoms with van der Waals surface area (Å²) in [7, 11) is 1.70. The molecule has 0 aromatic carbocycles. The van der Waals surface area contributed by atoms with Crippen molar-refractivity contribution in [2.75, 3.05) is 5.75 Å². The number of amides is 1. The van der Waals surface area contributed by atoms with Gasteiger partial charge in [-0.15, -0.1) is 22.7 Å². The van der Waals surface area contributed by atoms with Crippen LogP contribution in [0.3, 0.4) is 0 Å². The predicted molar refractivity (Wildman–Crippen MR) is 101 cm³/mol. The number of rotatable bonds is 5. The van der Waals surface area contributed by atoms with Gasteiger partial charge in [0.05, 0.1) is 17.7 Å². The summed E-state index contributed by atoms with van der Waals surface area (Å²) in [5.74, 6) is 0.168. The molecule has 0 unspecified atom stereocenters. The molecule has 1 N–H and O–H groups in total. The Morgan fingerprint density at radius 2 is 2.21 bits per heavy atom. The quantitative estimate of drug-likeness (QED) is 0.547. The average Bonchev–Trinajstić information content (AvgIpc) is 3.16. The molecule has 3 rings (SSSR count). The first-order chi connectivity index (χ1) is 11.5. The lowest BCUT2D eigenvalue weighted by molar-refractivity contribution is -0.118. The van der Waals surface area contributed by atoms with E-state index in [2.05, 4.69) is 10.3 Å². The second kappa shape index (κ2) is 7.08. The Hall–Kier alpha value is -1.64. The molecule has 3 aromatic rings. The second-order valence-corrected chi connectivity index (χ2v) is 8.54. The van der Waals surface area contributed by atoms with E-state index >= 15 is 0 Å². The molecule has 0 fully saturated rings. The number of carbonyl (C=O) groups is 1. The van der Waals surface area contributed by atoms with Gasteiger partial charge in [0.2, 0.25) is 5.91 Å². The number of aromatic nitrogens is 2. The van der Waals surface area contributed by atoms with Crippen molar-refractivity contribution in [1.82, 2.24) is 14.9 Å². The van der Waals surface area contributed by atoms with Crippen molar-refractivity contribution < 1.29 is 4.79 Å². The maximum Gasteiger partial charge on any atom is 0.262 e. The zero-order valence-corrected chi connectivity index (χ0v) is 16.0. The van der Waals surface area contributed by atoms with Crippen LogP contribution in [0.2, 0.25) is 0 Å². The monoisotopic (exact) mass is 379 g/mol. The molecule has 24 heavy (non-hydrogen) atoms. The lowest BCUT2D eigenvalue weighted by Gasteiger charge is -2.07. The maximum absolute atomic E-state index is 12.5. The van der Waals surface area contributed by atoms with Gasteiger partial charge in [-0.2, -0.15) is 0 Å². The number of thiophene rings is 2. The van der Waals surface area contributed by atoms with Crippen molar-refractivity contribution >= 4 is 50.6 Å². The van der Waals surface area contributed by atoms with Crippen molar-refractivity contribution in [1.29, 1.82) is 0 Å². The maximum atomic E-state index is 12.5. The van der Waals surface area contributed by atoms with Gasteiger partial charge < -0.3 is 5.32 Å². The molecule has 0 saturated heterocycles. The van der Waals surface area contributed by atoms with Gasteiger partial charge in [0.15, 0.2) is 5.16 Å². The molecule has 0 aliphatic heterocycles. The molecule has 0 atom stereocenters. The van der Waals surface area contributed by atoms with E-state index in [4.69, 9.17) is 0 Å². The topological polar surface area (TPSA) is 64.0 Å². The minimum Gasteiger partial charge on any atom is -0.350 e. The molecule has 0 radical (unpaired) electrons. The van der Waals surface area contributed by atoms with E-state index in [0.29, 0.717) is 17.1 Å². The average molecular weight is 380 g/mol. The summed E-state index contributed by atoms with van der Waals surface area (Å²) >= 11 is 4.42. The zero-order valence-electron chi connectivity index (χ0n) is 13.6. The molecule has 0 spiro atoms. The predicted octanol–water partition coefficient (Wildman–Crippen LogP) is 3.08. The number of carbonyl (C=O) groups excluding carboxylic acids is 1. The SMILES string of the molecule is Cc1sc2nc(SCC(=O)NCc3cccs3)n(C)c(=O)c2c1C. The van der Waals surface area contributed by atoms with Crippen molar-refractivity contribution in [3.05, 3.63) is 43.2 Å². The highest BCUT2D eigenvalue weighted by atomic mass is 32.2. The van der Waals surface area contributed by atoms with Crippen LogP contribution in [0.25, 0.3) is 10.2 Å². The number of nitrogens with one attached hydrogen (secondary N) is 1. The van der Waals surface area contributed by atoms with E-state index in [1.165, 1.54) is 27.7 Å². The van der Waals surface area contributed by atoms with Crippen LogP contribution < -0.4 is 10.9 Å². The number of hydrogen-bond donors (Lipinski definition) is 1. The van der Waals surface area contributed by atoms with E-state index < -0.39 is 0 Å². The van der Waals surface area contributed by atoms with Crippen LogP contribution in [0.5, 0.6) is 0 Å². The third kappa shape index (κ3) is 3.40. The van der Waals surface area contributed by atoms with Crippen LogP contribution in [-0.2, 0) is 18.4 Å². The summed E-state index contributed by atoms with van der Waals surface area (Å²) in [4.78, 5) is 32.0. The normalized spacial score (nSPS) is 11.1. The fourth-order valence-corrected chi connectivity index (χ4v) is 4.78.